The van der Waals surface area contributed by atoms with Gasteiger partial charge in [0.15, 0.2) is 0 Å². The molecule has 1 aliphatic heterocycles. The Balaban J connectivity index is 1.66. The van der Waals surface area contributed by atoms with E-state index >= 15 is 0 Å². The predicted octanol–water partition coefficient (Wildman–Crippen LogP) is 3.39. The molecule has 0 radical (unpaired) electrons. The second kappa shape index (κ2) is 6.37. The third-order valence-corrected chi connectivity index (χ3v) is 4.90. The lowest BCUT2D eigenvalue weighted by Gasteiger charge is -2.16. The number of aromatic hydroxyl groups is 1. The number of benzene rings is 2. The van der Waals surface area contributed by atoms with E-state index in [0.717, 1.165) is 46.3 Å². The molecule has 0 spiro atoms. The smallest absolute Gasteiger partial charge is 0.258 e. The Morgan fingerprint density at radius 2 is 2.08 bits per heavy atom. The molecule has 4 rings (SSSR count). The van der Waals surface area contributed by atoms with Crippen molar-refractivity contribution in [1.29, 1.82) is 0 Å². The van der Waals surface area contributed by atoms with Crippen LogP contribution < -0.4 is 4.74 Å². The molecular formula is C20H21N3O3. The SMILES string of the molecule is CCCc1n[nH]c2cc(O)c(C(=O)N3Cc4ccc(OC)cc4C3)cc12. The zero-order valence-electron chi connectivity index (χ0n) is 14.9. The van der Waals surface area contributed by atoms with Gasteiger partial charge in [0.2, 0.25) is 0 Å². The lowest BCUT2D eigenvalue weighted by molar-refractivity contribution is 0.0748. The van der Waals surface area contributed by atoms with Gasteiger partial charge in [-0.1, -0.05) is 19.4 Å². The molecule has 6 nitrogen and oxygen atoms in total. The minimum atomic E-state index is -0.178. The maximum Gasteiger partial charge on any atom is 0.258 e. The number of aryl methyl sites for hydroxylation is 1. The minimum Gasteiger partial charge on any atom is -0.507 e. The fourth-order valence-electron chi connectivity index (χ4n) is 3.52. The van der Waals surface area contributed by atoms with Gasteiger partial charge in [-0.05, 0) is 35.7 Å². The molecule has 1 amide bonds. The van der Waals surface area contributed by atoms with Crippen molar-refractivity contribution < 1.29 is 14.6 Å². The number of nitrogens with zero attached hydrogens (tertiary/aromatic N) is 2. The first-order chi connectivity index (χ1) is 12.6. The highest BCUT2D eigenvalue weighted by atomic mass is 16.5. The van der Waals surface area contributed by atoms with E-state index in [2.05, 4.69) is 17.1 Å². The third kappa shape index (κ3) is 2.67. The maximum atomic E-state index is 13.0. The van der Waals surface area contributed by atoms with Gasteiger partial charge in [-0.2, -0.15) is 5.10 Å². The first-order valence-electron chi connectivity index (χ1n) is 8.75. The van der Waals surface area contributed by atoms with Crippen LogP contribution in [0.15, 0.2) is 30.3 Å². The summed E-state index contributed by atoms with van der Waals surface area (Å²) in [6.45, 7) is 3.13. The molecule has 2 N–H and O–H groups in total. The Morgan fingerprint density at radius 3 is 2.85 bits per heavy atom. The number of methoxy groups -OCH3 is 1. The Kier molecular flexibility index (Phi) is 4.03. The number of H-pyrrole nitrogens is 1. The van der Waals surface area contributed by atoms with Crippen LogP contribution in [0.4, 0.5) is 0 Å². The van der Waals surface area contributed by atoms with Crippen molar-refractivity contribution in [2.45, 2.75) is 32.9 Å². The molecule has 134 valence electrons. The number of ether oxygens (including phenoxy) is 1. The summed E-state index contributed by atoms with van der Waals surface area (Å²) in [5, 5.41) is 18.5. The van der Waals surface area contributed by atoms with Crippen molar-refractivity contribution >= 4 is 16.8 Å². The number of phenolic OH excluding ortho intramolecular Hbond substituents is 1. The number of amides is 1. The van der Waals surface area contributed by atoms with Crippen molar-refractivity contribution in [3.63, 3.8) is 0 Å². The lowest BCUT2D eigenvalue weighted by Crippen LogP contribution is -2.25. The lowest BCUT2D eigenvalue weighted by atomic mass is 10.1. The number of aromatic amines is 1. The summed E-state index contributed by atoms with van der Waals surface area (Å²) in [5.74, 6) is 0.580. The Hall–Kier alpha value is -3.02. The van der Waals surface area contributed by atoms with Crippen LogP contribution >= 0.6 is 0 Å². The topological polar surface area (TPSA) is 78.4 Å². The molecule has 1 aliphatic rings. The van der Waals surface area contributed by atoms with Gasteiger partial charge in [0.25, 0.3) is 5.91 Å². The number of aromatic nitrogens is 2. The second-order valence-electron chi connectivity index (χ2n) is 6.63. The van der Waals surface area contributed by atoms with Gasteiger partial charge in [-0.3, -0.25) is 9.89 Å². The average Bonchev–Trinajstić information content (AvgIpc) is 3.24. The summed E-state index contributed by atoms with van der Waals surface area (Å²) in [7, 11) is 1.63. The molecule has 0 atom stereocenters. The van der Waals surface area contributed by atoms with Crippen LogP contribution in [0.1, 0.15) is 40.5 Å². The van der Waals surface area contributed by atoms with Gasteiger partial charge >= 0.3 is 0 Å². The number of rotatable bonds is 4. The second-order valence-corrected chi connectivity index (χ2v) is 6.63. The van der Waals surface area contributed by atoms with E-state index in [-0.39, 0.29) is 11.7 Å². The Labute approximate surface area is 151 Å². The van der Waals surface area contributed by atoms with E-state index < -0.39 is 0 Å². The zero-order valence-corrected chi connectivity index (χ0v) is 14.9. The molecule has 26 heavy (non-hydrogen) atoms. The third-order valence-electron chi connectivity index (χ3n) is 4.90. The fourth-order valence-corrected chi connectivity index (χ4v) is 3.52. The molecule has 3 aromatic rings. The largest absolute Gasteiger partial charge is 0.507 e. The van der Waals surface area contributed by atoms with E-state index in [1.165, 1.54) is 0 Å². The highest BCUT2D eigenvalue weighted by molar-refractivity contribution is 6.01. The number of nitrogens with one attached hydrogen (secondary N) is 1. The van der Waals surface area contributed by atoms with Crippen molar-refractivity contribution in [3.8, 4) is 11.5 Å². The molecule has 0 aliphatic carbocycles. The Morgan fingerprint density at radius 1 is 1.27 bits per heavy atom. The number of hydrogen-bond acceptors (Lipinski definition) is 4. The first kappa shape index (κ1) is 16.4. The number of phenols is 1. The summed E-state index contributed by atoms with van der Waals surface area (Å²) in [4.78, 5) is 14.8. The van der Waals surface area contributed by atoms with E-state index in [1.807, 2.05) is 18.2 Å². The minimum absolute atomic E-state index is 0.0252. The van der Waals surface area contributed by atoms with Crippen molar-refractivity contribution in [3.05, 3.63) is 52.7 Å². The monoisotopic (exact) mass is 351 g/mol. The van der Waals surface area contributed by atoms with E-state index in [4.69, 9.17) is 4.74 Å². The Bertz CT molecular complexity index is 993. The van der Waals surface area contributed by atoms with Crippen molar-refractivity contribution in [2.75, 3.05) is 7.11 Å². The van der Waals surface area contributed by atoms with Crippen molar-refractivity contribution in [2.24, 2.45) is 0 Å². The van der Waals surface area contributed by atoms with Crippen LogP contribution in [0.5, 0.6) is 11.5 Å². The predicted molar refractivity (Wildman–Crippen MR) is 98.3 cm³/mol. The highest BCUT2D eigenvalue weighted by Crippen LogP contribution is 2.31. The summed E-state index contributed by atoms with van der Waals surface area (Å²) in [5.41, 5.74) is 4.17. The van der Waals surface area contributed by atoms with Crippen LogP contribution in [-0.2, 0) is 19.5 Å². The van der Waals surface area contributed by atoms with Crippen LogP contribution in [-0.4, -0.2) is 33.2 Å². The zero-order chi connectivity index (χ0) is 18.3. The normalized spacial score (nSPS) is 13.2. The van der Waals surface area contributed by atoms with E-state index in [0.29, 0.717) is 18.7 Å². The van der Waals surface area contributed by atoms with Crippen LogP contribution in [0.25, 0.3) is 10.9 Å². The van der Waals surface area contributed by atoms with Gasteiger partial charge in [0.05, 0.1) is 23.9 Å². The average molecular weight is 351 g/mol. The summed E-state index contributed by atoms with van der Waals surface area (Å²) in [6.07, 6.45) is 1.79. The molecule has 0 saturated carbocycles. The van der Waals surface area contributed by atoms with Crippen molar-refractivity contribution in [1.82, 2.24) is 15.1 Å². The highest BCUT2D eigenvalue weighted by Gasteiger charge is 2.27. The number of carbonyl (C=O) groups excluding carboxylic acids is 1. The number of hydrogen-bond donors (Lipinski definition) is 2. The van der Waals surface area contributed by atoms with Gasteiger partial charge in [-0.25, -0.2) is 0 Å². The van der Waals surface area contributed by atoms with Crippen LogP contribution in [0.3, 0.4) is 0 Å². The standard InChI is InChI=1S/C20H21N3O3/c1-3-4-17-15-8-16(19(24)9-18(15)22-21-17)20(25)23-10-12-5-6-14(26-2)7-13(12)11-23/h5-9,24H,3-4,10-11H2,1-2H3,(H,21,22). The van der Waals surface area contributed by atoms with Gasteiger partial charge in [-0.15, -0.1) is 0 Å². The fraction of sp³-hybridized carbons (Fsp3) is 0.300. The van der Waals surface area contributed by atoms with E-state index in [1.54, 1.807) is 24.1 Å². The summed E-state index contributed by atoms with van der Waals surface area (Å²) < 4.78 is 5.26. The molecular weight excluding hydrogens is 330 g/mol. The van der Waals surface area contributed by atoms with E-state index in [9.17, 15) is 9.90 Å². The molecule has 0 saturated heterocycles. The van der Waals surface area contributed by atoms with Gasteiger partial charge in [0, 0.05) is 24.5 Å². The van der Waals surface area contributed by atoms with Crippen LogP contribution in [0, 0.1) is 0 Å². The van der Waals surface area contributed by atoms with Gasteiger partial charge in [0.1, 0.15) is 11.5 Å². The number of fused-ring (bicyclic) bond motifs is 2. The molecule has 0 bridgehead atoms. The first-order valence-corrected chi connectivity index (χ1v) is 8.75. The summed E-state index contributed by atoms with van der Waals surface area (Å²) in [6, 6.07) is 9.19. The van der Waals surface area contributed by atoms with Crippen LogP contribution in [0.2, 0.25) is 0 Å². The number of carbonyl (C=O) groups is 1. The van der Waals surface area contributed by atoms with Gasteiger partial charge < -0.3 is 14.7 Å². The molecule has 0 unspecified atom stereocenters. The molecule has 2 heterocycles. The quantitative estimate of drug-likeness (QED) is 0.755. The summed E-state index contributed by atoms with van der Waals surface area (Å²) >= 11 is 0. The molecule has 1 aromatic heterocycles. The maximum absolute atomic E-state index is 13.0. The molecule has 0 fully saturated rings. The molecule has 6 heteroatoms. The molecule has 2 aromatic carbocycles.